The van der Waals surface area contributed by atoms with E-state index in [1.807, 2.05) is 0 Å². The number of carbonyl (C=O) groups excluding carboxylic acids is 2. The van der Waals surface area contributed by atoms with E-state index in [4.69, 9.17) is 16.3 Å². The van der Waals surface area contributed by atoms with Crippen molar-refractivity contribution in [2.45, 2.75) is 6.04 Å². The molecule has 1 heterocycles. The zero-order chi connectivity index (χ0) is 22.1. The third-order valence-corrected chi connectivity index (χ3v) is 5.30. The number of ether oxygens (including phenoxy) is 1. The fraction of sp³-hybridized carbons (Fsp3) is 0.0833. The van der Waals surface area contributed by atoms with Gasteiger partial charge in [-0.3, -0.25) is 14.5 Å². The van der Waals surface area contributed by atoms with E-state index < -0.39 is 23.5 Å². The second-order valence-corrected chi connectivity index (χ2v) is 7.37. The van der Waals surface area contributed by atoms with Gasteiger partial charge in [-0.1, -0.05) is 41.9 Å². The molecule has 5 nitrogen and oxygen atoms in total. The maximum absolute atomic E-state index is 13.9. The molecule has 156 valence electrons. The molecule has 31 heavy (non-hydrogen) atoms. The van der Waals surface area contributed by atoms with Gasteiger partial charge in [0.1, 0.15) is 17.3 Å². The number of hydrogen-bond acceptors (Lipinski definition) is 4. The fourth-order valence-corrected chi connectivity index (χ4v) is 3.81. The van der Waals surface area contributed by atoms with Crippen LogP contribution in [0.25, 0.3) is 5.76 Å². The minimum absolute atomic E-state index is 0.110. The molecule has 1 aliphatic rings. The minimum Gasteiger partial charge on any atom is -0.507 e. The quantitative estimate of drug-likeness (QED) is 0.350. The molecule has 1 unspecified atom stereocenters. The van der Waals surface area contributed by atoms with Crippen LogP contribution in [0.5, 0.6) is 5.75 Å². The first kappa shape index (κ1) is 20.6. The van der Waals surface area contributed by atoms with Crippen molar-refractivity contribution in [1.29, 1.82) is 0 Å². The Morgan fingerprint density at radius 1 is 1.03 bits per heavy atom. The molecule has 4 rings (SSSR count). The van der Waals surface area contributed by atoms with Gasteiger partial charge >= 0.3 is 0 Å². The lowest BCUT2D eigenvalue weighted by Crippen LogP contribution is -2.29. The number of anilines is 1. The number of halogens is 2. The third-order valence-electron chi connectivity index (χ3n) is 5.06. The number of ketones is 1. The average molecular weight is 438 g/mol. The van der Waals surface area contributed by atoms with Crippen molar-refractivity contribution in [1.82, 2.24) is 0 Å². The van der Waals surface area contributed by atoms with Crippen LogP contribution < -0.4 is 9.64 Å². The number of aliphatic hydroxyl groups excluding tert-OH is 1. The molecule has 0 aromatic heterocycles. The number of Topliss-reactive ketones (excluding diaryl/α,β-unsaturated/α-hetero) is 1. The van der Waals surface area contributed by atoms with E-state index in [9.17, 15) is 19.1 Å². The van der Waals surface area contributed by atoms with E-state index in [0.29, 0.717) is 21.9 Å². The van der Waals surface area contributed by atoms with Gasteiger partial charge in [0.05, 0.1) is 18.7 Å². The number of hydrogen-bond donors (Lipinski definition) is 1. The van der Waals surface area contributed by atoms with Crippen LogP contribution in [0.4, 0.5) is 10.1 Å². The van der Waals surface area contributed by atoms with Crippen LogP contribution in [0.1, 0.15) is 17.2 Å². The molecule has 7 heteroatoms. The highest BCUT2D eigenvalue weighted by molar-refractivity contribution is 6.51. The second-order valence-electron chi connectivity index (χ2n) is 6.93. The van der Waals surface area contributed by atoms with Gasteiger partial charge in [-0.25, -0.2) is 4.39 Å². The number of carbonyl (C=O) groups is 2. The highest BCUT2D eigenvalue weighted by Gasteiger charge is 2.47. The van der Waals surface area contributed by atoms with E-state index >= 15 is 0 Å². The molecule has 0 bridgehead atoms. The molecular formula is C24H17ClFNO4. The summed E-state index contributed by atoms with van der Waals surface area (Å²) in [6.45, 7) is 0. The lowest BCUT2D eigenvalue weighted by molar-refractivity contribution is -0.132. The van der Waals surface area contributed by atoms with Gasteiger partial charge in [0.25, 0.3) is 11.7 Å². The standard InChI is InChI=1S/C24H17ClFNO4/c1-31-19-10-8-14(9-11-19)21-20(22(28)15-4-2-5-16(25)12-15)23(29)24(30)27(21)18-7-3-6-17(26)13-18/h2-13,21,28H,1H3/b22-20+. The van der Waals surface area contributed by atoms with E-state index in [1.54, 1.807) is 42.5 Å². The molecule has 1 saturated heterocycles. The van der Waals surface area contributed by atoms with Gasteiger partial charge in [0.2, 0.25) is 0 Å². The van der Waals surface area contributed by atoms with Crippen LogP contribution in [0.15, 0.2) is 78.4 Å². The molecule has 1 N–H and O–H groups in total. The minimum atomic E-state index is -0.966. The lowest BCUT2D eigenvalue weighted by Gasteiger charge is -2.25. The van der Waals surface area contributed by atoms with Crippen LogP contribution in [-0.4, -0.2) is 23.9 Å². The number of aliphatic hydroxyl groups is 1. The number of nitrogens with zero attached hydrogens (tertiary/aromatic N) is 1. The zero-order valence-electron chi connectivity index (χ0n) is 16.4. The maximum atomic E-state index is 13.9. The normalized spacial score (nSPS) is 17.8. The molecule has 0 radical (unpaired) electrons. The first-order valence-electron chi connectivity index (χ1n) is 9.37. The van der Waals surface area contributed by atoms with Crippen molar-refractivity contribution in [3.63, 3.8) is 0 Å². The summed E-state index contributed by atoms with van der Waals surface area (Å²) in [7, 11) is 1.52. The van der Waals surface area contributed by atoms with E-state index in [-0.39, 0.29) is 17.0 Å². The van der Waals surface area contributed by atoms with Crippen molar-refractivity contribution in [2.24, 2.45) is 0 Å². The van der Waals surface area contributed by atoms with E-state index in [0.717, 1.165) is 0 Å². The van der Waals surface area contributed by atoms with Crippen LogP contribution in [-0.2, 0) is 9.59 Å². The smallest absolute Gasteiger partial charge is 0.300 e. The van der Waals surface area contributed by atoms with Gasteiger partial charge in [0, 0.05) is 16.3 Å². The van der Waals surface area contributed by atoms with Crippen molar-refractivity contribution in [2.75, 3.05) is 12.0 Å². The van der Waals surface area contributed by atoms with Crippen molar-refractivity contribution >= 4 is 34.7 Å². The molecule has 1 atom stereocenters. The molecule has 0 saturated carbocycles. The van der Waals surface area contributed by atoms with Crippen LogP contribution in [0.3, 0.4) is 0 Å². The Kier molecular flexibility index (Phi) is 5.48. The Hall–Kier alpha value is -3.64. The SMILES string of the molecule is COc1ccc(C2/C(=C(\O)c3cccc(Cl)c3)C(=O)C(=O)N2c2cccc(F)c2)cc1. The van der Waals surface area contributed by atoms with Crippen LogP contribution in [0.2, 0.25) is 5.02 Å². The predicted octanol–water partition coefficient (Wildman–Crippen LogP) is 5.11. The average Bonchev–Trinajstić information content (AvgIpc) is 3.04. The number of rotatable bonds is 4. The molecule has 1 fully saturated rings. The second kappa shape index (κ2) is 8.24. The molecule has 0 spiro atoms. The van der Waals surface area contributed by atoms with Crippen molar-refractivity contribution in [3.05, 3.63) is 100 Å². The van der Waals surface area contributed by atoms with Gasteiger partial charge in [-0.2, -0.15) is 0 Å². The van der Waals surface area contributed by atoms with Crippen molar-refractivity contribution < 1.29 is 23.8 Å². The summed E-state index contributed by atoms with van der Waals surface area (Å²) >= 11 is 6.04. The number of amides is 1. The first-order chi connectivity index (χ1) is 14.9. The fourth-order valence-electron chi connectivity index (χ4n) is 3.62. The highest BCUT2D eigenvalue weighted by Crippen LogP contribution is 2.42. The topological polar surface area (TPSA) is 66.8 Å². The molecular weight excluding hydrogens is 421 g/mol. The first-order valence-corrected chi connectivity index (χ1v) is 9.75. The molecule has 0 aliphatic carbocycles. The van der Waals surface area contributed by atoms with Crippen LogP contribution >= 0.6 is 11.6 Å². The largest absolute Gasteiger partial charge is 0.507 e. The Labute approximate surface area is 182 Å². The third kappa shape index (κ3) is 3.78. The molecule has 3 aromatic carbocycles. The summed E-state index contributed by atoms with van der Waals surface area (Å²) in [5.74, 6) is -2.07. The molecule has 1 aliphatic heterocycles. The van der Waals surface area contributed by atoms with Crippen LogP contribution in [0, 0.1) is 5.82 Å². The highest BCUT2D eigenvalue weighted by atomic mass is 35.5. The van der Waals surface area contributed by atoms with Gasteiger partial charge in [-0.05, 0) is 48.0 Å². The van der Waals surface area contributed by atoms with E-state index in [2.05, 4.69) is 0 Å². The Bertz CT molecular complexity index is 1210. The Morgan fingerprint density at radius 3 is 2.39 bits per heavy atom. The monoisotopic (exact) mass is 437 g/mol. The Morgan fingerprint density at radius 2 is 1.74 bits per heavy atom. The summed E-state index contributed by atoms with van der Waals surface area (Å²) in [5, 5.41) is 11.4. The zero-order valence-corrected chi connectivity index (χ0v) is 17.1. The summed E-state index contributed by atoms with van der Waals surface area (Å²) < 4.78 is 19.1. The summed E-state index contributed by atoms with van der Waals surface area (Å²) in [4.78, 5) is 27.2. The van der Waals surface area contributed by atoms with Gasteiger partial charge in [0.15, 0.2) is 0 Å². The lowest BCUT2D eigenvalue weighted by atomic mass is 9.95. The van der Waals surface area contributed by atoms with Gasteiger partial charge < -0.3 is 9.84 Å². The molecule has 3 aromatic rings. The number of methoxy groups -OCH3 is 1. The van der Waals surface area contributed by atoms with E-state index in [1.165, 1.54) is 42.3 Å². The summed E-state index contributed by atoms with van der Waals surface area (Å²) in [6.07, 6.45) is 0. The summed E-state index contributed by atoms with van der Waals surface area (Å²) in [6, 6.07) is 17.5. The summed E-state index contributed by atoms with van der Waals surface area (Å²) in [5.41, 5.74) is 0.936. The number of benzene rings is 3. The Balaban J connectivity index is 1.95. The maximum Gasteiger partial charge on any atom is 0.300 e. The van der Waals surface area contributed by atoms with Crippen molar-refractivity contribution in [3.8, 4) is 5.75 Å². The molecule has 1 amide bonds. The predicted molar refractivity (Wildman–Crippen MR) is 116 cm³/mol. The van der Waals surface area contributed by atoms with Gasteiger partial charge in [-0.15, -0.1) is 0 Å².